The van der Waals surface area contributed by atoms with E-state index in [1.807, 2.05) is 18.0 Å². The Morgan fingerprint density at radius 1 is 1.26 bits per heavy atom. The number of aromatic nitrogens is 3. The number of alkyl halides is 1. The van der Waals surface area contributed by atoms with Gasteiger partial charge in [0.05, 0.1) is 30.9 Å². The van der Waals surface area contributed by atoms with Crippen molar-refractivity contribution in [3.8, 4) is 17.3 Å². The summed E-state index contributed by atoms with van der Waals surface area (Å²) in [6.45, 7) is 4.75. The van der Waals surface area contributed by atoms with Gasteiger partial charge < -0.3 is 24.8 Å². The number of nitrogens with zero attached hydrogens (tertiary/aromatic N) is 4. The van der Waals surface area contributed by atoms with E-state index in [2.05, 4.69) is 27.4 Å². The quantitative estimate of drug-likeness (QED) is 0.329. The van der Waals surface area contributed by atoms with E-state index in [0.29, 0.717) is 46.6 Å². The van der Waals surface area contributed by atoms with Crippen molar-refractivity contribution in [2.75, 3.05) is 32.6 Å². The van der Waals surface area contributed by atoms with Crippen LogP contribution in [-0.4, -0.2) is 70.9 Å². The van der Waals surface area contributed by atoms with Crippen molar-refractivity contribution in [3.63, 3.8) is 0 Å². The summed E-state index contributed by atoms with van der Waals surface area (Å²) < 4.78 is 26.7. The molecule has 1 aliphatic rings. The first-order valence-electron chi connectivity index (χ1n) is 12.5. The summed E-state index contributed by atoms with van der Waals surface area (Å²) in [5.41, 5.74) is 2.11. The maximum absolute atomic E-state index is 14.7. The zero-order chi connectivity index (χ0) is 27.5. The lowest BCUT2D eigenvalue weighted by Crippen LogP contribution is -2.46. The number of amides is 1. The van der Waals surface area contributed by atoms with Gasteiger partial charge in [-0.05, 0) is 55.9 Å². The number of hydrogen-bond acceptors (Lipinski definition) is 8. The van der Waals surface area contributed by atoms with Crippen molar-refractivity contribution < 1.29 is 23.2 Å². The van der Waals surface area contributed by atoms with Gasteiger partial charge in [0.25, 0.3) is 11.8 Å². The number of carbonyl (C=O) groups is 2. The highest BCUT2D eigenvalue weighted by Gasteiger charge is 2.28. The zero-order valence-electron chi connectivity index (χ0n) is 21.7. The molecule has 1 fully saturated rings. The zero-order valence-corrected chi connectivity index (χ0v) is 21.7. The molecule has 202 valence electrons. The van der Waals surface area contributed by atoms with E-state index in [0.717, 1.165) is 6.54 Å². The minimum Gasteiger partial charge on any atom is -0.497 e. The number of piperidine rings is 1. The first-order valence-corrected chi connectivity index (χ1v) is 12.5. The van der Waals surface area contributed by atoms with Gasteiger partial charge in [-0.3, -0.25) is 14.2 Å². The first kappa shape index (κ1) is 26.1. The van der Waals surface area contributed by atoms with Gasteiger partial charge in [-0.25, -0.2) is 4.39 Å². The molecule has 0 bridgehead atoms. The third kappa shape index (κ3) is 5.39. The minimum absolute atomic E-state index is 0.0144. The van der Waals surface area contributed by atoms with Gasteiger partial charge in [-0.15, -0.1) is 0 Å². The number of halogens is 1. The minimum atomic E-state index is -1.03. The van der Waals surface area contributed by atoms with Crippen LogP contribution in [0.4, 0.5) is 10.1 Å². The van der Waals surface area contributed by atoms with Crippen LogP contribution in [0.5, 0.6) is 5.75 Å². The average Bonchev–Trinajstić information content (AvgIpc) is 3.58. The van der Waals surface area contributed by atoms with Crippen molar-refractivity contribution in [2.24, 2.45) is 0 Å². The molecule has 1 saturated heterocycles. The Bertz CT molecular complexity index is 1530. The molecule has 1 aliphatic heterocycles. The summed E-state index contributed by atoms with van der Waals surface area (Å²) in [6.07, 6.45) is 0.831. The number of methoxy groups -OCH3 is 1. The average molecular weight is 533 g/mol. The van der Waals surface area contributed by atoms with Gasteiger partial charge in [-0.2, -0.15) is 4.98 Å². The molecule has 2 atom stereocenters. The summed E-state index contributed by atoms with van der Waals surface area (Å²) in [5, 5.41) is 10.8. The van der Waals surface area contributed by atoms with Gasteiger partial charge in [0, 0.05) is 29.7 Å². The van der Waals surface area contributed by atoms with Crippen LogP contribution < -0.4 is 15.4 Å². The third-order valence-corrected chi connectivity index (χ3v) is 6.76. The molecular weight excluding hydrogens is 503 g/mol. The molecule has 2 N–H and O–H groups in total. The molecule has 39 heavy (non-hydrogen) atoms. The summed E-state index contributed by atoms with van der Waals surface area (Å²) in [7, 11) is 3.43. The number of likely N-dealkylation sites (tertiary alicyclic amines) is 1. The molecule has 5 rings (SSSR count). The standard InChI is InChI=1S/C28H29FN6O4/c1-4-26(36)35-23-10-6-9-21(31-22-11-12-34(2)16-20(22)29)19(23)14-24(35)27-32-25(39-33-27)15-30-28(37)17-7-5-8-18(13-17)38-3/h4-10,13-14,20,22,31H,1,11-12,15-16H2,2-3H3,(H,30,37). The molecule has 11 heteroatoms. The van der Waals surface area contributed by atoms with Crippen LogP contribution >= 0.6 is 0 Å². The van der Waals surface area contributed by atoms with Crippen LogP contribution in [0.2, 0.25) is 0 Å². The second-order valence-corrected chi connectivity index (χ2v) is 9.39. The molecule has 2 unspecified atom stereocenters. The number of carbonyl (C=O) groups excluding carboxylic acids is 2. The number of rotatable bonds is 8. The summed E-state index contributed by atoms with van der Waals surface area (Å²) in [5.74, 6) is 0.182. The van der Waals surface area contributed by atoms with Crippen molar-refractivity contribution in [3.05, 3.63) is 72.6 Å². The summed E-state index contributed by atoms with van der Waals surface area (Å²) >= 11 is 0. The maximum Gasteiger partial charge on any atom is 0.255 e. The van der Waals surface area contributed by atoms with Crippen molar-refractivity contribution in [2.45, 2.75) is 25.2 Å². The second kappa shape index (κ2) is 11.1. The Kier molecular flexibility index (Phi) is 7.42. The molecule has 10 nitrogen and oxygen atoms in total. The van der Waals surface area contributed by atoms with Gasteiger partial charge in [0.15, 0.2) is 0 Å². The molecule has 2 aromatic carbocycles. The number of nitrogens with one attached hydrogen (secondary N) is 2. The van der Waals surface area contributed by atoms with E-state index >= 15 is 0 Å². The van der Waals surface area contributed by atoms with Crippen LogP contribution in [-0.2, 0) is 6.54 Å². The van der Waals surface area contributed by atoms with Crippen LogP contribution in [0.1, 0.15) is 27.5 Å². The Hall–Kier alpha value is -4.51. The normalized spacial score (nSPS) is 17.6. The van der Waals surface area contributed by atoms with Crippen LogP contribution in [0.15, 0.2) is 65.7 Å². The van der Waals surface area contributed by atoms with Gasteiger partial charge in [-0.1, -0.05) is 23.9 Å². The molecule has 0 spiro atoms. The lowest BCUT2D eigenvalue weighted by Gasteiger charge is -2.33. The third-order valence-electron chi connectivity index (χ3n) is 6.76. The molecule has 1 amide bonds. The van der Waals surface area contributed by atoms with E-state index in [4.69, 9.17) is 9.26 Å². The fourth-order valence-electron chi connectivity index (χ4n) is 4.72. The van der Waals surface area contributed by atoms with Gasteiger partial charge >= 0.3 is 0 Å². The van der Waals surface area contributed by atoms with Crippen LogP contribution in [0, 0.1) is 0 Å². The van der Waals surface area contributed by atoms with Crippen molar-refractivity contribution >= 4 is 28.4 Å². The Balaban J connectivity index is 1.41. The molecular formula is C28H29FN6O4. The van der Waals surface area contributed by atoms with E-state index in [1.54, 1.807) is 42.5 Å². The summed E-state index contributed by atoms with van der Waals surface area (Å²) in [4.78, 5) is 31.8. The van der Waals surface area contributed by atoms with Gasteiger partial charge in [0.2, 0.25) is 11.7 Å². The smallest absolute Gasteiger partial charge is 0.255 e. The molecule has 0 aliphatic carbocycles. The van der Waals surface area contributed by atoms with Crippen molar-refractivity contribution in [1.29, 1.82) is 0 Å². The van der Waals surface area contributed by atoms with E-state index in [-0.39, 0.29) is 36.1 Å². The number of anilines is 1. The molecule has 0 radical (unpaired) electrons. The predicted octanol–water partition coefficient (Wildman–Crippen LogP) is 3.91. The highest BCUT2D eigenvalue weighted by Crippen LogP contribution is 2.33. The summed E-state index contributed by atoms with van der Waals surface area (Å²) in [6, 6.07) is 13.6. The molecule has 4 aromatic rings. The highest BCUT2D eigenvalue weighted by atomic mass is 19.1. The molecule has 0 saturated carbocycles. The Labute approximate surface area is 224 Å². The fourth-order valence-corrected chi connectivity index (χ4v) is 4.72. The fraction of sp³-hybridized carbons (Fsp3) is 0.286. The van der Waals surface area contributed by atoms with E-state index < -0.39 is 6.17 Å². The second-order valence-electron chi connectivity index (χ2n) is 9.39. The Morgan fingerprint density at radius 3 is 2.85 bits per heavy atom. The molecule has 2 aromatic heterocycles. The lowest BCUT2D eigenvalue weighted by atomic mass is 10.0. The van der Waals surface area contributed by atoms with Gasteiger partial charge in [0.1, 0.15) is 11.9 Å². The number of allylic oxidation sites excluding steroid dienone is 1. The SMILES string of the molecule is C=CC(=O)n1c(-c2noc(CNC(=O)c3cccc(OC)c3)n2)cc2c(NC3CCN(C)CC3F)cccc21. The predicted molar refractivity (Wildman–Crippen MR) is 145 cm³/mol. The van der Waals surface area contributed by atoms with E-state index in [1.165, 1.54) is 17.8 Å². The van der Waals surface area contributed by atoms with E-state index in [9.17, 15) is 14.0 Å². The number of ether oxygens (including phenoxy) is 1. The topological polar surface area (TPSA) is 115 Å². The maximum atomic E-state index is 14.7. The van der Waals surface area contributed by atoms with Crippen LogP contribution in [0.25, 0.3) is 22.4 Å². The monoisotopic (exact) mass is 532 g/mol. The lowest BCUT2D eigenvalue weighted by molar-refractivity contribution is 0.0944. The number of hydrogen-bond donors (Lipinski definition) is 2. The number of fused-ring (bicyclic) bond motifs is 1. The largest absolute Gasteiger partial charge is 0.497 e. The first-order chi connectivity index (χ1) is 18.9. The molecule has 3 heterocycles. The Morgan fingerprint density at radius 2 is 2.08 bits per heavy atom. The van der Waals surface area contributed by atoms with Crippen LogP contribution in [0.3, 0.4) is 0 Å². The highest BCUT2D eigenvalue weighted by molar-refractivity contribution is 6.05. The number of benzene rings is 2. The van der Waals surface area contributed by atoms with Crippen molar-refractivity contribution in [1.82, 2.24) is 24.9 Å².